The molecular formula is C17H14BrNO. The molecule has 0 saturated carbocycles. The quantitative estimate of drug-likeness (QED) is 0.746. The Balaban J connectivity index is 1.98. The van der Waals surface area contributed by atoms with Gasteiger partial charge >= 0.3 is 0 Å². The van der Waals surface area contributed by atoms with E-state index in [0.29, 0.717) is 6.54 Å². The zero-order valence-corrected chi connectivity index (χ0v) is 12.4. The number of fused-ring (bicyclic) bond motifs is 1. The first-order valence-corrected chi connectivity index (χ1v) is 7.21. The number of hydrogen-bond donors (Lipinski definition) is 1. The van der Waals surface area contributed by atoms with Gasteiger partial charge in [-0.15, -0.1) is 0 Å². The minimum Gasteiger partial charge on any atom is -0.457 e. The molecule has 0 unspecified atom stereocenters. The van der Waals surface area contributed by atoms with Gasteiger partial charge in [0.1, 0.15) is 11.5 Å². The molecule has 0 radical (unpaired) electrons. The van der Waals surface area contributed by atoms with E-state index in [1.54, 1.807) is 0 Å². The molecule has 0 aliphatic rings. The van der Waals surface area contributed by atoms with Crippen LogP contribution < -0.4 is 10.5 Å². The maximum Gasteiger partial charge on any atom is 0.133 e. The Bertz CT molecular complexity index is 755. The lowest BCUT2D eigenvalue weighted by Gasteiger charge is -2.11. The summed E-state index contributed by atoms with van der Waals surface area (Å²) in [6, 6.07) is 20.2. The van der Waals surface area contributed by atoms with Gasteiger partial charge in [0.25, 0.3) is 0 Å². The number of nitrogens with two attached hydrogens (primary N) is 1. The number of benzene rings is 3. The molecule has 0 atom stereocenters. The topological polar surface area (TPSA) is 35.2 Å². The van der Waals surface area contributed by atoms with Crippen LogP contribution in [-0.4, -0.2) is 0 Å². The molecule has 0 saturated heterocycles. The van der Waals surface area contributed by atoms with E-state index >= 15 is 0 Å². The highest BCUT2D eigenvalue weighted by Crippen LogP contribution is 2.30. The average Bonchev–Trinajstić information content (AvgIpc) is 2.47. The van der Waals surface area contributed by atoms with Crippen molar-refractivity contribution in [3.05, 3.63) is 70.7 Å². The van der Waals surface area contributed by atoms with Crippen LogP contribution in [0, 0.1) is 0 Å². The van der Waals surface area contributed by atoms with E-state index in [0.717, 1.165) is 26.9 Å². The molecule has 100 valence electrons. The molecule has 2 N–H and O–H groups in total. The van der Waals surface area contributed by atoms with Crippen LogP contribution in [0.15, 0.2) is 65.1 Å². The lowest BCUT2D eigenvalue weighted by molar-refractivity contribution is 0.477. The van der Waals surface area contributed by atoms with Crippen molar-refractivity contribution in [3.8, 4) is 11.5 Å². The summed E-state index contributed by atoms with van der Waals surface area (Å²) < 4.78 is 6.96. The van der Waals surface area contributed by atoms with Gasteiger partial charge in [0.2, 0.25) is 0 Å². The van der Waals surface area contributed by atoms with E-state index in [-0.39, 0.29) is 0 Å². The first-order valence-electron chi connectivity index (χ1n) is 6.41. The highest BCUT2D eigenvalue weighted by Gasteiger charge is 2.05. The number of halogens is 1. The minimum absolute atomic E-state index is 0.455. The van der Waals surface area contributed by atoms with E-state index in [1.165, 1.54) is 5.39 Å². The summed E-state index contributed by atoms with van der Waals surface area (Å²) >= 11 is 3.46. The van der Waals surface area contributed by atoms with Crippen molar-refractivity contribution in [1.82, 2.24) is 0 Å². The van der Waals surface area contributed by atoms with Crippen LogP contribution in [0.2, 0.25) is 0 Å². The molecular weight excluding hydrogens is 314 g/mol. The summed E-state index contributed by atoms with van der Waals surface area (Å²) in [5.74, 6) is 1.61. The van der Waals surface area contributed by atoms with Crippen molar-refractivity contribution in [1.29, 1.82) is 0 Å². The fourth-order valence-electron chi connectivity index (χ4n) is 2.15. The van der Waals surface area contributed by atoms with Crippen LogP contribution in [-0.2, 0) is 6.54 Å². The van der Waals surface area contributed by atoms with Gasteiger partial charge in [0.15, 0.2) is 0 Å². The minimum atomic E-state index is 0.455. The second-order valence-corrected chi connectivity index (χ2v) is 5.48. The van der Waals surface area contributed by atoms with Gasteiger partial charge in [0, 0.05) is 16.6 Å². The summed E-state index contributed by atoms with van der Waals surface area (Å²) in [4.78, 5) is 0. The Hall–Kier alpha value is -1.84. The lowest BCUT2D eigenvalue weighted by Crippen LogP contribution is -1.99. The van der Waals surface area contributed by atoms with Gasteiger partial charge < -0.3 is 10.5 Å². The SMILES string of the molecule is NCc1ccc(Br)cc1Oc1ccc2ccccc2c1. The summed E-state index contributed by atoms with van der Waals surface area (Å²) in [5, 5.41) is 2.36. The van der Waals surface area contributed by atoms with Crippen molar-refractivity contribution in [3.63, 3.8) is 0 Å². The van der Waals surface area contributed by atoms with E-state index in [9.17, 15) is 0 Å². The zero-order chi connectivity index (χ0) is 13.9. The molecule has 0 aliphatic heterocycles. The zero-order valence-electron chi connectivity index (χ0n) is 10.8. The molecule has 0 aromatic heterocycles. The van der Waals surface area contributed by atoms with Crippen molar-refractivity contribution in [2.24, 2.45) is 5.73 Å². The summed E-state index contributed by atoms with van der Waals surface area (Å²) in [6.07, 6.45) is 0. The molecule has 20 heavy (non-hydrogen) atoms. The van der Waals surface area contributed by atoms with Gasteiger partial charge in [-0.3, -0.25) is 0 Å². The van der Waals surface area contributed by atoms with Crippen LogP contribution in [0.1, 0.15) is 5.56 Å². The second-order valence-electron chi connectivity index (χ2n) is 4.57. The van der Waals surface area contributed by atoms with Crippen LogP contribution in [0.5, 0.6) is 11.5 Å². The van der Waals surface area contributed by atoms with Gasteiger partial charge in [-0.1, -0.05) is 52.3 Å². The summed E-state index contributed by atoms with van der Waals surface area (Å²) in [7, 11) is 0. The largest absolute Gasteiger partial charge is 0.457 e. The molecule has 3 aromatic carbocycles. The first-order chi connectivity index (χ1) is 9.76. The van der Waals surface area contributed by atoms with Crippen molar-refractivity contribution < 1.29 is 4.74 Å². The third-order valence-corrected chi connectivity index (χ3v) is 3.69. The van der Waals surface area contributed by atoms with E-state index in [4.69, 9.17) is 10.5 Å². The molecule has 2 nitrogen and oxygen atoms in total. The maximum absolute atomic E-state index is 5.98. The molecule has 3 rings (SSSR count). The van der Waals surface area contributed by atoms with Crippen LogP contribution >= 0.6 is 15.9 Å². The van der Waals surface area contributed by atoms with Crippen LogP contribution in [0.25, 0.3) is 10.8 Å². The van der Waals surface area contributed by atoms with Crippen molar-refractivity contribution in [2.45, 2.75) is 6.54 Å². The van der Waals surface area contributed by atoms with E-state index in [1.807, 2.05) is 42.5 Å². The van der Waals surface area contributed by atoms with Crippen molar-refractivity contribution >= 4 is 26.7 Å². The standard InChI is InChI=1S/C17H14BrNO/c18-15-7-5-14(11-19)17(10-15)20-16-8-6-12-3-1-2-4-13(12)9-16/h1-10H,11,19H2. The Morgan fingerprint density at radius 2 is 1.70 bits per heavy atom. The van der Waals surface area contributed by atoms with E-state index in [2.05, 4.69) is 34.1 Å². The normalized spacial score (nSPS) is 10.7. The summed E-state index contributed by atoms with van der Waals surface area (Å²) in [5.41, 5.74) is 6.74. The van der Waals surface area contributed by atoms with Crippen LogP contribution in [0.3, 0.4) is 0 Å². The Labute approximate surface area is 126 Å². The lowest BCUT2D eigenvalue weighted by atomic mass is 10.1. The van der Waals surface area contributed by atoms with Crippen LogP contribution in [0.4, 0.5) is 0 Å². The monoisotopic (exact) mass is 327 g/mol. The third-order valence-electron chi connectivity index (χ3n) is 3.20. The molecule has 0 heterocycles. The number of hydrogen-bond acceptors (Lipinski definition) is 2. The van der Waals surface area contributed by atoms with Crippen molar-refractivity contribution in [2.75, 3.05) is 0 Å². The molecule has 0 spiro atoms. The maximum atomic E-state index is 5.98. The molecule has 0 fully saturated rings. The predicted molar refractivity (Wildman–Crippen MR) is 86.1 cm³/mol. The molecule has 3 aromatic rings. The van der Waals surface area contributed by atoms with E-state index < -0.39 is 0 Å². The Kier molecular flexibility index (Phi) is 3.72. The Morgan fingerprint density at radius 1 is 0.900 bits per heavy atom. The van der Waals surface area contributed by atoms with Gasteiger partial charge in [-0.25, -0.2) is 0 Å². The highest BCUT2D eigenvalue weighted by atomic mass is 79.9. The molecule has 0 aliphatic carbocycles. The number of ether oxygens (including phenoxy) is 1. The smallest absolute Gasteiger partial charge is 0.133 e. The molecule has 0 amide bonds. The number of rotatable bonds is 3. The fraction of sp³-hybridized carbons (Fsp3) is 0.0588. The average molecular weight is 328 g/mol. The third kappa shape index (κ3) is 2.69. The highest BCUT2D eigenvalue weighted by molar-refractivity contribution is 9.10. The molecule has 0 bridgehead atoms. The van der Waals surface area contributed by atoms with Gasteiger partial charge in [-0.05, 0) is 35.0 Å². The predicted octanol–water partition coefficient (Wildman–Crippen LogP) is 4.85. The van der Waals surface area contributed by atoms with Gasteiger partial charge in [0.05, 0.1) is 0 Å². The molecule has 3 heteroatoms. The second kappa shape index (κ2) is 5.65. The summed E-state index contributed by atoms with van der Waals surface area (Å²) in [6.45, 7) is 0.455. The fourth-order valence-corrected chi connectivity index (χ4v) is 2.49. The Morgan fingerprint density at radius 3 is 2.50 bits per heavy atom. The first kappa shape index (κ1) is 13.2. The van der Waals surface area contributed by atoms with Gasteiger partial charge in [-0.2, -0.15) is 0 Å².